The van der Waals surface area contributed by atoms with Crippen LogP contribution in [-0.4, -0.2) is 38.7 Å². The normalized spacial score (nSPS) is 10.7. The average Bonchev–Trinajstić information content (AvgIpc) is 2.62. The summed E-state index contributed by atoms with van der Waals surface area (Å²) in [4.78, 5) is 4.05. The molecule has 0 atom stereocenters. The zero-order valence-corrected chi connectivity index (χ0v) is 7.80. The van der Waals surface area contributed by atoms with Crippen molar-refractivity contribution in [1.29, 1.82) is 0 Å². The largest absolute Gasteiger partial charge is 0.394 e. The Morgan fingerprint density at radius 2 is 2.36 bits per heavy atom. The summed E-state index contributed by atoms with van der Waals surface area (Å²) in [6, 6.07) is 0. The van der Waals surface area contributed by atoms with E-state index in [4.69, 9.17) is 5.11 Å². The number of rotatable bonds is 3. The van der Waals surface area contributed by atoms with Gasteiger partial charge in [0.25, 0.3) is 0 Å². The second kappa shape index (κ2) is 3.59. The van der Waals surface area contributed by atoms with Crippen LogP contribution in [-0.2, 0) is 6.54 Å². The highest BCUT2D eigenvalue weighted by atomic mass is 16.3. The van der Waals surface area contributed by atoms with E-state index in [1.807, 2.05) is 7.05 Å². The van der Waals surface area contributed by atoms with Crippen molar-refractivity contribution < 1.29 is 5.11 Å². The van der Waals surface area contributed by atoms with Crippen LogP contribution >= 0.6 is 0 Å². The number of fused-ring (bicyclic) bond motifs is 1. The van der Waals surface area contributed by atoms with Gasteiger partial charge in [-0.25, -0.2) is 4.68 Å². The van der Waals surface area contributed by atoms with Gasteiger partial charge in [-0.05, 0) is 0 Å². The highest BCUT2D eigenvalue weighted by Gasteiger charge is 2.07. The van der Waals surface area contributed by atoms with Gasteiger partial charge in [0.1, 0.15) is 11.0 Å². The van der Waals surface area contributed by atoms with E-state index in [0.29, 0.717) is 6.54 Å². The quantitative estimate of drug-likeness (QED) is 0.709. The third-order valence-electron chi connectivity index (χ3n) is 2.01. The smallest absolute Gasteiger partial charge is 0.139 e. The molecule has 74 valence electrons. The van der Waals surface area contributed by atoms with Gasteiger partial charge in [-0.3, -0.25) is 4.98 Å². The van der Waals surface area contributed by atoms with Gasteiger partial charge in [-0.1, -0.05) is 5.21 Å². The molecule has 0 aliphatic heterocycles. The lowest BCUT2D eigenvalue weighted by Crippen LogP contribution is -2.03. The summed E-state index contributed by atoms with van der Waals surface area (Å²) < 4.78 is 1.63. The number of aliphatic hydroxyl groups excluding tert-OH is 1. The minimum atomic E-state index is 0.0439. The van der Waals surface area contributed by atoms with Gasteiger partial charge in [0, 0.05) is 7.05 Å². The number of nitrogens with one attached hydrogen (secondary N) is 1. The number of aliphatic hydroxyl groups is 1. The van der Waals surface area contributed by atoms with E-state index in [1.165, 1.54) is 0 Å². The van der Waals surface area contributed by atoms with E-state index in [9.17, 15) is 0 Å². The molecular formula is C8H11N5O. The number of hydrogen-bond donors (Lipinski definition) is 2. The molecule has 6 heteroatoms. The standard InChI is InChI=1S/C8H11N5O/c1-9-6-4-10-5-7-8(6)11-12-13(7)2-3-14/h4-5,9,14H,2-3H2,1H3. The predicted molar refractivity (Wildman–Crippen MR) is 52.0 cm³/mol. The first-order valence-electron chi connectivity index (χ1n) is 4.32. The van der Waals surface area contributed by atoms with Crippen LogP contribution in [0.15, 0.2) is 12.4 Å². The maximum absolute atomic E-state index is 8.80. The van der Waals surface area contributed by atoms with E-state index in [-0.39, 0.29) is 6.61 Å². The molecule has 2 rings (SSSR count). The first-order chi connectivity index (χ1) is 6.86. The molecule has 0 spiro atoms. The molecule has 6 nitrogen and oxygen atoms in total. The Bertz CT molecular complexity index is 438. The van der Waals surface area contributed by atoms with Crippen LogP contribution in [0.5, 0.6) is 0 Å². The maximum atomic E-state index is 8.80. The van der Waals surface area contributed by atoms with Crippen LogP contribution in [0.1, 0.15) is 0 Å². The first kappa shape index (κ1) is 8.89. The Hall–Kier alpha value is -1.69. The molecule has 0 aliphatic rings. The Kier molecular flexibility index (Phi) is 2.28. The van der Waals surface area contributed by atoms with Crippen LogP contribution in [0, 0.1) is 0 Å². The number of pyridine rings is 1. The molecule has 14 heavy (non-hydrogen) atoms. The Morgan fingerprint density at radius 3 is 3.07 bits per heavy atom. The van der Waals surface area contributed by atoms with E-state index >= 15 is 0 Å². The molecule has 0 aromatic carbocycles. The highest BCUT2D eigenvalue weighted by Crippen LogP contribution is 2.17. The molecular weight excluding hydrogens is 182 g/mol. The lowest BCUT2D eigenvalue weighted by molar-refractivity contribution is 0.270. The van der Waals surface area contributed by atoms with E-state index < -0.39 is 0 Å². The third-order valence-corrected chi connectivity index (χ3v) is 2.01. The molecule has 2 aromatic heterocycles. The lowest BCUT2D eigenvalue weighted by atomic mass is 10.3. The van der Waals surface area contributed by atoms with Crippen molar-refractivity contribution in [3.05, 3.63) is 12.4 Å². The van der Waals surface area contributed by atoms with Crippen LogP contribution in [0.2, 0.25) is 0 Å². The lowest BCUT2D eigenvalue weighted by Gasteiger charge is -2.00. The summed E-state index contributed by atoms with van der Waals surface area (Å²) in [5, 5.41) is 19.7. The van der Waals surface area contributed by atoms with E-state index in [2.05, 4.69) is 20.6 Å². The van der Waals surface area contributed by atoms with Crippen molar-refractivity contribution in [2.24, 2.45) is 0 Å². The van der Waals surface area contributed by atoms with E-state index in [0.717, 1.165) is 16.7 Å². The van der Waals surface area contributed by atoms with Crippen molar-refractivity contribution >= 4 is 16.7 Å². The summed E-state index contributed by atoms with van der Waals surface area (Å²) in [7, 11) is 1.81. The molecule has 0 saturated carbocycles. The second-order valence-electron chi connectivity index (χ2n) is 2.84. The van der Waals surface area contributed by atoms with Crippen molar-refractivity contribution in [3.63, 3.8) is 0 Å². The van der Waals surface area contributed by atoms with Gasteiger partial charge in [-0.2, -0.15) is 0 Å². The molecule has 0 fully saturated rings. The summed E-state index contributed by atoms with van der Waals surface area (Å²) >= 11 is 0. The van der Waals surface area contributed by atoms with Crippen LogP contribution in [0.4, 0.5) is 5.69 Å². The maximum Gasteiger partial charge on any atom is 0.139 e. The highest BCUT2D eigenvalue weighted by molar-refractivity contribution is 5.86. The fourth-order valence-corrected chi connectivity index (χ4v) is 1.33. The van der Waals surface area contributed by atoms with Crippen LogP contribution in [0.3, 0.4) is 0 Å². The molecule has 0 bridgehead atoms. The van der Waals surface area contributed by atoms with E-state index in [1.54, 1.807) is 17.1 Å². The van der Waals surface area contributed by atoms with Gasteiger partial charge in [-0.15, -0.1) is 5.10 Å². The molecule has 0 unspecified atom stereocenters. The SMILES string of the molecule is CNc1cncc2c1nnn2CCO. The van der Waals surface area contributed by atoms with Crippen molar-refractivity contribution in [1.82, 2.24) is 20.0 Å². The molecule has 0 radical (unpaired) electrons. The summed E-state index contributed by atoms with van der Waals surface area (Å²) in [6.07, 6.45) is 3.38. The first-order valence-corrected chi connectivity index (χ1v) is 4.32. The monoisotopic (exact) mass is 193 g/mol. The molecule has 0 aliphatic carbocycles. The number of anilines is 1. The second-order valence-corrected chi connectivity index (χ2v) is 2.84. The molecule has 0 saturated heterocycles. The minimum absolute atomic E-state index is 0.0439. The van der Waals surface area contributed by atoms with Crippen LogP contribution < -0.4 is 5.32 Å². The Labute approximate surface area is 80.6 Å². The Morgan fingerprint density at radius 1 is 1.50 bits per heavy atom. The summed E-state index contributed by atoms with van der Waals surface area (Å²) in [6.45, 7) is 0.480. The zero-order valence-electron chi connectivity index (χ0n) is 7.80. The third kappa shape index (κ3) is 1.29. The number of aromatic nitrogens is 4. The predicted octanol–water partition coefficient (Wildman–Crippen LogP) is -0.140. The molecule has 0 amide bonds. The summed E-state index contributed by atoms with van der Waals surface area (Å²) in [5.74, 6) is 0. The summed E-state index contributed by atoms with van der Waals surface area (Å²) in [5.41, 5.74) is 2.44. The van der Waals surface area contributed by atoms with Crippen molar-refractivity contribution in [2.45, 2.75) is 6.54 Å². The van der Waals surface area contributed by atoms with Crippen LogP contribution in [0.25, 0.3) is 11.0 Å². The fourth-order valence-electron chi connectivity index (χ4n) is 1.33. The van der Waals surface area contributed by atoms with Crippen molar-refractivity contribution in [3.8, 4) is 0 Å². The average molecular weight is 193 g/mol. The molecule has 2 aromatic rings. The van der Waals surface area contributed by atoms with Gasteiger partial charge in [0.05, 0.1) is 31.2 Å². The van der Waals surface area contributed by atoms with Gasteiger partial charge in [0.15, 0.2) is 0 Å². The van der Waals surface area contributed by atoms with Gasteiger partial charge >= 0.3 is 0 Å². The Balaban J connectivity index is 2.57. The number of hydrogen-bond acceptors (Lipinski definition) is 5. The molecule has 2 N–H and O–H groups in total. The number of nitrogens with zero attached hydrogens (tertiary/aromatic N) is 4. The van der Waals surface area contributed by atoms with Gasteiger partial charge in [0.2, 0.25) is 0 Å². The molecule has 2 heterocycles. The van der Waals surface area contributed by atoms with Crippen molar-refractivity contribution in [2.75, 3.05) is 19.0 Å². The topological polar surface area (TPSA) is 75.9 Å². The zero-order chi connectivity index (χ0) is 9.97. The minimum Gasteiger partial charge on any atom is -0.394 e. The van der Waals surface area contributed by atoms with Gasteiger partial charge < -0.3 is 10.4 Å². The fraction of sp³-hybridized carbons (Fsp3) is 0.375.